The SMILES string of the molecule is CCC(C)SCc1nc(C)c(CCNC(C)C)c(C)n1. The van der Waals surface area contributed by atoms with E-state index in [9.17, 15) is 0 Å². The summed E-state index contributed by atoms with van der Waals surface area (Å²) in [5, 5.41) is 4.13. The second-order valence-corrected chi connectivity index (χ2v) is 7.10. The van der Waals surface area contributed by atoms with Crippen LogP contribution in [0.1, 0.15) is 56.9 Å². The Bertz CT molecular complexity index is 395. The van der Waals surface area contributed by atoms with Crippen molar-refractivity contribution in [2.45, 2.75) is 71.4 Å². The maximum Gasteiger partial charge on any atom is 0.138 e. The van der Waals surface area contributed by atoms with Crippen molar-refractivity contribution in [1.29, 1.82) is 0 Å². The van der Waals surface area contributed by atoms with Crippen molar-refractivity contribution >= 4 is 11.8 Å². The van der Waals surface area contributed by atoms with Crippen LogP contribution in [0.25, 0.3) is 0 Å². The molecule has 1 heterocycles. The molecule has 1 unspecified atom stereocenters. The number of rotatable bonds is 8. The Morgan fingerprint density at radius 2 is 1.70 bits per heavy atom. The van der Waals surface area contributed by atoms with Gasteiger partial charge in [-0.1, -0.05) is 27.7 Å². The van der Waals surface area contributed by atoms with E-state index in [1.165, 1.54) is 12.0 Å². The third-order valence-electron chi connectivity index (χ3n) is 3.47. The maximum atomic E-state index is 4.68. The lowest BCUT2D eigenvalue weighted by Crippen LogP contribution is -2.25. The molecule has 0 saturated heterocycles. The zero-order valence-corrected chi connectivity index (χ0v) is 14.6. The molecule has 1 aromatic heterocycles. The van der Waals surface area contributed by atoms with Gasteiger partial charge in [-0.3, -0.25) is 0 Å². The molecule has 0 saturated carbocycles. The summed E-state index contributed by atoms with van der Waals surface area (Å²) < 4.78 is 0. The van der Waals surface area contributed by atoms with Crippen molar-refractivity contribution in [3.8, 4) is 0 Å². The Morgan fingerprint density at radius 3 is 2.20 bits per heavy atom. The monoisotopic (exact) mass is 295 g/mol. The largest absolute Gasteiger partial charge is 0.314 e. The third-order valence-corrected chi connectivity index (χ3v) is 4.79. The first-order valence-corrected chi connectivity index (χ1v) is 8.66. The highest BCUT2D eigenvalue weighted by molar-refractivity contribution is 7.99. The van der Waals surface area contributed by atoms with Crippen molar-refractivity contribution in [3.63, 3.8) is 0 Å². The molecule has 0 bridgehead atoms. The minimum absolute atomic E-state index is 0.530. The Kier molecular flexibility index (Phi) is 7.52. The van der Waals surface area contributed by atoms with Gasteiger partial charge >= 0.3 is 0 Å². The van der Waals surface area contributed by atoms with Crippen LogP contribution in [-0.2, 0) is 12.2 Å². The minimum Gasteiger partial charge on any atom is -0.314 e. The van der Waals surface area contributed by atoms with Crippen LogP contribution in [0.2, 0.25) is 0 Å². The van der Waals surface area contributed by atoms with Gasteiger partial charge in [0.05, 0.1) is 5.75 Å². The van der Waals surface area contributed by atoms with Gasteiger partial charge < -0.3 is 5.32 Å². The molecule has 0 amide bonds. The molecule has 1 aromatic rings. The van der Waals surface area contributed by atoms with Crippen molar-refractivity contribution in [1.82, 2.24) is 15.3 Å². The Labute approximate surface area is 128 Å². The number of nitrogens with one attached hydrogen (secondary N) is 1. The summed E-state index contributed by atoms with van der Waals surface area (Å²) in [6.07, 6.45) is 2.20. The molecular weight excluding hydrogens is 266 g/mol. The van der Waals surface area contributed by atoms with Crippen LogP contribution < -0.4 is 5.32 Å². The van der Waals surface area contributed by atoms with Gasteiger partial charge in [0.15, 0.2) is 0 Å². The highest BCUT2D eigenvalue weighted by Gasteiger charge is 2.09. The number of aromatic nitrogens is 2. The van der Waals surface area contributed by atoms with Gasteiger partial charge in [0.2, 0.25) is 0 Å². The molecule has 1 rings (SSSR count). The molecule has 0 aliphatic carbocycles. The topological polar surface area (TPSA) is 37.8 Å². The highest BCUT2D eigenvalue weighted by Crippen LogP contribution is 2.19. The van der Waals surface area contributed by atoms with Crippen molar-refractivity contribution in [2.75, 3.05) is 6.54 Å². The molecule has 20 heavy (non-hydrogen) atoms. The number of hydrogen-bond donors (Lipinski definition) is 1. The molecule has 0 aliphatic rings. The van der Waals surface area contributed by atoms with Gasteiger partial charge in [0, 0.05) is 22.7 Å². The fraction of sp³-hybridized carbons (Fsp3) is 0.750. The van der Waals surface area contributed by atoms with Gasteiger partial charge in [-0.05, 0) is 38.8 Å². The molecule has 114 valence electrons. The van der Waals surface area contributed by atoms with Crippen LogP contribution in [0.15, 0.2) is 0 Å². The number of aryl methyl sites for hydroxylation is 2. The lowest BCUT2D eigenvalue weighted by atomic mass is 10.1. The van der Waals surface area contributed by atoms with Crippen LogP contribution in [0.4, 0.5) is 0 Å². The molecule has 1 N–H and O–H groups in total. The predicted octanol–water partition coefficient (Wildman–Crippen LogP) is 3.67. The second-order valence-electron chi connectivity index (χ2n) is 5.68. The van der Waals surface area contributed by atoms with Crippen molar-refractivity contribution in [2.24, 2.45) is 0 Å². The molecule has 0 spiro atoms. The third kappa shape index (κ3) is 5.80. The molecule has 1 atom stereocenters. The van der Waals surface area contributed by atoms with Crippen molar-refractivity contribution in [3.05, 3.63) is 22.8 Å². The van der Waals surface area contributed by atoms with Crippen LogP contribution in [0.3, 0.4) is 0 Å². The smallest absolute Gasteiger partial charge is 0.138 e. The first kappa shape index (κ1) is 17.4. The van der Waals surface area contributed by atoms with Crippen molar-refractivity contribution < 1.29 is 0 Å². The molecule has 0 aromatic carbocycles. The lowest BCUT2D eigenvalue weighted by molar-refractivity contribution is 0.587. The highest BCUT2D eigenvalue weighted by atomic mass is 32.2. The van der Waals surface area contributed by atoms with Crippen LogP contribution >= 0.6 is 11.8 Å². The average Bonchev–Trinajstić information content (AvgIpc) is 2.38. The summed E-state index contributed by atoms with van der Waals surface area (Å²) in [5.41, 5.74) is 3.58. The summed E-state index contributed by atoms with van der Waals surface area (Å²) in [5.74, 6) is 1.90. The lowest BCUT2D eigenvalue weighted by Gasteiger charge is -2.13. The molecular formula is C16H29N3S. The average molecular weight is 295 g/mol. The Morgan fingerprint density at radius 1 is 1.10 bits per heavy atom. The van der Waals surface area contributed by atoms with Crippen LogP contribution in [0.5, 0.6) is 0 Å². The first-order valence-electron chi connectivity index (χ1n) is 7.62. The summed E-state index contributed by atoms with van der Waals surface area (Å²) in [4.78, 5) is 9.36. The first-order chi connectivity index (χ1) is 9.43. The molecule has 3 nitrogen and oxygen atoms in total. The molecule has 0 fully saturated rings. The summed E-state index contributed by atoms with van der Waals surface area (Å²) >= 11 is 1.94. The number of thioether (sulfide) groups is 1. The Balaban J connectivity index is 2.66. The van der Waals surface area contributed by atoms with E-state index in [1.54, 1.807) is 0 Å². The van der Waals surface area contributed by atoms with E-state index in [1.807, 2.05) is 11.8 Å². The van der Waals surface area contributed by atoms with Crippen LogP contribution in [0, 0.1) is 13.8 Å². The van der Waals surface area contributed by atoms with E-state index in [0.717, 1.165) is 35.9 Å². The van der Waals surface area contributed by atoms with E-state index in [0.29, 0.717) is 11.3 Å². The fourth-order valence-electron chi connectivity index (χ4n) is 2.06. The Hall–Kier alpha value is -0.610. The minimum atomic E-state index is 0.530. The van der Waals surface area contributed by atoms with Gasteiger partial charge in [-0.25, -0.2) is 9.97 Å². The number of hydrogen-bond acceptors (Lipinski definition) is 4. The van der Waals surface area contributed by atoms with E-state index < -0.39 is 0 Å². The van der Waals surface area contributed by atoms with Gasteiger partial charge in [-0.2, -0.15) is 11.8 Å². The molecule has 4 heteroatoms. The molecule has 0 aliphatic heterocycles. The van der Waals surface area contributed by atoms with E-state index in [-0.39, 0.29) is 0 Å². The van der Waals surface area contributed by atoms with E-state index >= 15 is 0 Å². The summed E-state index contributed by atoms with van der Waals surface area (Å²) in [7, 11) is 0. The fourth-order valence-corrected chi connectivity index (χ4v) is 2.85. The van der Waals surface area contributed by atoms with E-state index in [4.69, 9.17) is 0 Å². The van der Waals surface area contributed by atoms with Gasteiger partial charge in [0.1, 0.15) is 5.82 Å². The van der Waals surface area contributed by atoms with Gasteiger partial charge in [0.25, 0.3) is 0 Å². The maximum absolute atomic E-state index is 4.68. The van der Waals surface area contributed by atoms with E-state index in [2.05, 4.69) is 56.8 Å². The predicted molar refractivity (Wildman–Crippen MR) is 89.4 cm³/mol. The zero-order valence-electron chi connectivity index (χ0n) is 13.8. The van der Waals surface area contributed by atoms with Gasteiger partial charge in [-0.15, -0.1) is 0 Å². The summed E-state index contributed by atoms with van der Waals surface area (Å²) in [6.45, 7) is 14.0. The number of nitrogens with zero attached hydrogens (tertiary/aromatic N) is 2. The standard InChI is InChI=1S/C16H29N3S/c1-7-12(4)20-10-16-18-13(5)15(14(6)19-16)8-9-17-11(2)3/h11-12,17H,7-10H2,1-6H3. The summed E-state index contributed by atoms with van der Waals surface area (Å²) in [6, 6.07) is 0.530. The second kappa shape index (κ2) is 8.63. The molecule has 0 radical (unpaired) electrons. The van der Waals surface area contributed by atoms with Crippen LogP contribution in [-0.4, -0.2) is 27.8 Å². The quantitative estimate of drug-likeness (QED) is 0.794. The zero-order chi connectivity index (χ0) is 15.1. The normalized spacial score (nSPS) is 12.9.